The van der Waals surface area contributed by atoms with Gasteiger partial charge < -0.3 is 9.47 Å². The number of hydrogen-bond acceptors (Lipinski definition) is 4. The molecule has 0 amide bonds. The van der Waals surface area contributed by atoms with Gasteiger partial charge in [-0.25, -0.2) is 9.78 Å². The molecule has 0 aliphatic heterocycles. The van der Waals surface area contributed by atoms with E-state index in [1.165, 1.54) is 0 Å². The van der Waals surface area contributed by atoms with Crippen LogP contribution in [0.25, 0.3) is 10.9 Å². The molecule has 2 aromatic carbocycles. The summed E-state index contributed by atoms with van der Waals surface area (Å²) in [4.78, 5) is 16.7. The number of carbonyl (C=O) groups excluding carboxylic acids is 1. The van der Waals surface area contributed by atoms with E-state index >= 15 is 0 Å². The van der Waals surface area contributed by atoms with Crippen LogP contribution in [0.2, 0.25) is 0 Å². The molecule has 0 unspecified atom stereocenters. The summed E-state index contributed by atoms with van der Waals surface area (Å²) in [6, 6.07) is 17.5. The highest BCUT2D eigenvalue weighted by atomic mass is 16.5. The van der Waals surface area contributed by atoms with Gasteiger partial charge in [-0.15, -0.1) is 0 Å². The Morgan fingerprint density at radius 2 is 1.88 bits per heavy atom. The predicted octanol–water partition coefficient (Wildman–Crippen LogP) is 4.30. The van der Waals surface area contributed by atoms with Crippen molar-refractivity contribution in [2.45, 2.75) is 20.5 Å². The first-order valence-electron chi connectivity index (χ1n) is 7.92. The van der Waals surface area contributed by atoms with Crippen LogP contribution in [0.5, 0.6) is 5.75 Å². The molecule has 1 aromatic heterocycles. The largest absolute Gasteiger partial charge is 0.486 e. The summed E-state index contributed by atoms with van der Waals surface area (Å²) in [6.07, 6.45) is 0. The zero-order valence-electron chi connectivity index (χ0n) is 13.8. The zero-order valence-corrected chi connectivity index (χ0v) is 13.8. The number of fused-ring (bicyclic) bond motifs is 1. The number of nitrogens with zero attached hydrogens (tertiary/aromatic N) is 1. The fourth-order valence-electron chi connectivity index (χ4n) is 2.47. The molecule has 0 fully saturated rings. The topological polar surface area (TPSA) is 48.4 Å². The highest BCUT2D eigenvalue weighted by molar-refractivity contribution is 5.94. The van der Waals surface area contributed by atoms with E-state index in [-0.39, 0.29) is 5.69 Å². The number of hydrogen-bond donors (Lipinski definition) is 0. The third kappa shape index (κ3) is 3.54. The number of carbonyl (C=O) groups is 1. The normalized spacial score (nSPS) is 10.6. The standard InChI is InChI=1S/C20H19NO3/c1-3-23-20(22)19-18(24-13-15-7-5-4-6-8-15)12-16-11-14(2)9-10-17(16)21-19/h4-12H,3,13H2,1-2H3. The molecule has 4 nitrogen and oxygen atoms in total. The van der Waals surface area contributed by atoms with Crippen molar-refractivity contribution in [2.24, 2.45) is 0 Å². The molecule has 1 heterocycles. The number of ether oxygens (including phenoxy) is 2. The highest BCUT2D eigenvalue weighted by Crippen LogP contribution is 2.25. The van der Waals surface area contributed by atoms with Gasteiger partial charge in [-0.05, 0) is 37.6 Å². The Labute approximate surface area is 141 Å². The van der Waals surface area contributed by atoms with Gasteiger partial charge in [0.15, 0.2) is 11.4 Å². The fourth-order valence-corrected chi connectivity index (χ4v) is 2.47. The van der Waals surface area contributed by atoms with Crippen molar-refractivity contribution in [1.29, 1.82) is 0 Å². The Hall–Kier alpha value is -2.88. The lowest BCUT2D eigenvalue weighted by atomic mass is 10.1. The Balaban J connectivity index is 1.98. The molecule has 0 saturated heterocycles. The van der Waals surface area contributed by atoms with E-state index in [1.807, 2.05) is 61.5 Å². The van der Waals surface area contributed by atoms with Crippen LogP contribution in [0, 0.1) is 6.92 Å². The van der Waals surface area contributed by atoms with Gasteiger partial charge in [0.05, 0.1) is 12.1 Å². The molecule has 24 heavy (non-hydrogen) atoms. The van der Waals surface area contributed by atoms with Crippen molar-refractivity contribution >= 4 is 16.9 Å². The Morgan fingerprint density at radius 1 is 1.08 bits per heavy atom. The van der Waals surface area contributed by atoms with Gasteiger partial charge >= 0.3 is 5.97 Å². The van der Waals surface area contributed by atoms with E-state index < -0.39 is 5.97 Å². The van der Waals surface area contributed by atoms with Crippen molar-refractivity contribution < 1.29 is 14.3 Å². The van der Waals surface area contributed by atoms with Crippen molar-refractivity contribution in [3.05, 3.63) is 71.4 Å². The Bertz CT molecular complexity index is 859. The van der Waals surface area contributed by atoms with E-state index in [2.05, 4.69) is 4.98 Å². The molecule has 0 aliphatic carbocycles. The maximum Gasteiger partial charge on any atom is 0.360 e. The van der Waals surface area contributed by atoms with Crippen LogP contribution < -0.4 is 4.74 Å². The summed E-state index contributed by atoms with van der Waals surface area (Å²) in [5.41, 5.74) is 3.11. The van der Waals surface area contributed by atoms with Gasteiger partial charge in [-0.3, -0.25) is 0 Å². The SMILES string of the molecule is CCOC(=O)c1nc2ccc(C)cc2cc1OCc1ccccc1. The Kier molecular flexibility index (Phi) is 4.75. The minimum absolute atomic E-state index is 0.212. The molecular weight excluding hydrogens is 302 g/mol. The fraction of sp³-hybridized carbons (Fsp3) is 0.200. The number of aryl methyl sites for hydroxylation is 1. The first-order valence-corrected chi connectivity index (χ1v) is 7.92. The first kappa shape index (κ1) is 16.0. The summed E-state index contributed by atoms with van der Waals surface area (Å²) in [5.74, 6) is -0.0292. The monoisotopic (exact) mass is 321 g/mol. The molecule has 3 rings (SSSR count). The lowest BCUT2D eigenvalue weighted by Crippen LogP contribution is -2.10. The average Bonchev–Trinajstić information content (AvgIpc) is 2.60. The van der Waals surface area contributed by atoms with Crippen LogP contribution in [0.15, 0.2) is 54.6 Å². The van der Waals surface area contributed by atoms with Crippen molar-refractivity contribution in [3.63, 3.8) is 0 Å². The lowest BCUT2D eigenvalue weighted by molar-refractivity contribution is 0.0514. The van der Waals surface area contributed by atoms with Crippen LogP contribution in [-0.4, -0.2) is 17.6 Å². The van der Waals surface area contributed by atoms with Crippen LogP contribution in [0.1, 0.15) is 28.5 Å². The van der Waals surface area contributed by atoms with Crippen LogP contribution in [-0.2, 0) is 11.3 Å². The highest BCUT2D eigenvalue weighted by Gasteiger charge is 2.17. The molecule has 0 N–H and O–H groups in total. The van der Waals surface area contributed by atoms with E-state index in [1.54, 1.807) is 6.92 Å². The van der Waals surface area contributed by atoms with Crippen LogP contribution >= 0.6 is 0 Å². The minimum atomic E-state index is -0.469. The quantitative estimate of drug-likeness (QED) is 0.657. The zero-order chi connectivity index (χ0) is 16.9. The second-order valence-corrected chi connectivity index (χ2v) is 5.53. The number of benzene rings is 2. The third-order valence-electron chi connectivity index (χ3n) is 3.64. The second-order valence-electron chi connectivity index (χ2n) is 5.53. The van der Waals surface area contributed by atoms with Gasteiger partial charge in [0, 0.05) is 5.39 Å². The maximum absolute atomic E-state index is 12.2. The summed E-state index contributed by atoms with van der Waals surface area (Å²) in [7, 11) is 0. The molecule has 0 atom stereocenters. The summed E-state index contributed by atoms with van der Waals surface area (Å²) < 4.78 is 11.0. The van der Waals surface area contributed by atoms with E-state index in [9.17, 15) is 4.79 Å². The maximum atomic E-state index is 12.2. The smallest absolute Gasteiger partial charge is 0.360 e. The molecule has 0 bridgehead atoms. The molecule has 122 valence electrons. The molecular formula is C20H19NO3. The number of pyridine rings is 1. The van der Waals surface area contributed by atoms with Gasteiger partial charge in [0.1, 0.15) is 6.61 Å². The molecule has 4 heteroatoms. The lowest BCUT2D eigenvalue weighted by Gasteiger charge is -2.12. The predicted molar refractivity (Wildman–Crippen MR) is 93.2 cm³/mol. The minimum Gasteiger partial charge on any atom is -0.486 e. The first-order chi connectivity index (χ1) is 11.7. The van der Waals surface area contributed by atoms with Crippen LogP contribution in [0.3, 0.4) is 0 Å². The number of aromatic nitrogens is 1. The van der Waals surface area contributed by atoms with Crippen molar-refractivity contribution in [2.75, 3.05) is 6.61 Å². The van der Waals surface area contributed by atoms with Gasteiger partial charge in [0.25, 0.3) is 0 Å². The Morgan fingerprint density at radius 3 is 2.62 bits per heavy atom. The van der Waals surface area contributed by atoms with E-state index in [0.29, 0.717) is 19.0 Å². The average molecular weight is 321 g/mol. The summed E-state index contributed by atoms with van der Waals surface area (Å²) >= 11 is 0. The van der Waals surface area contributed by atoms with Crippen molar-refractivity contribution in [3.8, 4) is 5.75 Å². The molecule has 0 spiro atoms. The molecule has 3 aromatic rings. The second kappa shape index (κ2) is 7.13. The molecule has 0 saturated carbocycles. The van der Waals surface area contributed by atoms with E-state index in [0.717, 1.165) is 22.0 Å². The molecule has 0 aliphatic rings. The number of rotatable bonds is 5. The molecule has 0 radical (unpaired) electrons. The summed E-state index contributed by atoms with van der Waals surface area (Å²) in [5, 5.41) is 0.936. The van der Waals surface area contributed by atoms with Gasteiger partial charge in [-0.2, -0.15) is 0 Å². The third-order valence-corrected chi connectivity index (χ3v) is 3.64. The van der Waals surface area contributed by atoms with E-state index in [4.69, 9.17) is 9.47 Å². The van der Waals surface area contributed by atoms with Gasteiger partial charge in [-0.1, -0.05) is 42.0 Å². The van der Waals surface area contributed by atoms with Gasteiger partial charge in [0.2, 0.25) is 0 Å². The summed E-state index contributed by atoms with van der Waals surface area (Å²) in [6.45, 7) is 4.45. The number of esters is 1. The van der Waals surface area contributed by atoms with Crippen LogP contribution in [0.4, 0.5) is 0 Å². The van der Waals surface area contributed by atoms with Crippen molar-refractivity contribution in [1.82, 2.24) is 4.98 Å².